The number of aryl methyl sites for hydroxylation is 3. The van der Waals surface area contributed by atoms with Crippen LogP contribution >= 0.6 is 11.3 Å². The first-order valence-electron chi connectivity index (χ1n) is 9.09. The summed E-state index contributed by atoms with van der Waals surface area (Å²) in [7, 11) is -3.70. The Balaban J connectivity index is 1.75. The van der Waals surface area contributed by atoms with E-state index in [9.17, 15) is 13.2 Å². The van der Waals surface area contributed by atoms with Crippen LogP contribution in [-0.4, -0.2) is 25.9 Å². The van der Waals surface area contributed by atoms with Crippen LogP contribution in [0.5, 0.6) is 0 Å². The number of sulfonamides is 1. The van der Waals surface area contributed by atoms with Gasteiger partial charge in [-0.2, -0.15) is 4.72 Å². The van der Waals surface area contributed by atoms with Crippen molar-refractivity contribution in [1.29, 1.82) is 0 Å². The van der Waals surface area contributed by atoms with Crippen LogP contribution in [0, 0.1) is 33.1 Å². The quantitative estimate of drug-likeness (QED) is 0.570. The van der Waals surface area contributed by atoms with Gasteiger partial charge in [-0.1, -0.05) is 12.0 Å². The fraction of sp³-hybridized carbons (Fsp3) is 0.182. The van der Waals surface area contributed by atoms with Gasteiger partial charge in [0.05, 0.1) is 17.1 Å². The molecule has 0 aliphatic rings. The van der Waals surface area contributed by atoms with Crippen molar-refractivity contribution in [2.24, 2.45) is 0 Å². The van der Waals surface area contributed by atoms with Gasteiger partial charge >= 0.3 is 0 Å². The van der Waals surface area contributed by atoms with E-state index in [1.54, 1.807) is 0 Å². The number of benzene rings is 2. The molecule has 0 atom stereocenters. The Morgan fingerprint density at radius 2 is 1.77 bits per heavy atom. The van der Waals surface area contributed by atoms with Crippen molar-refractivity contribution in [3.05, 3.63) is 64.0 Å². The lowest BCUT2D eigenvalue weighted by atomic mass is 9.99. The Labute approximate surface area is 180 Å². The lowest BCUT2D eigenvalue weighted by Crippen LogP contribution is -2.24. The molecular weight excluding hydrogens is 418 g/mol. The second-order valence-electron chi connectivity index (χ2n) is 6.80. The van der Waals surface area contributed by atoms with E-state index in [1.807, 2.05) is 12.3 Å². The third-order valence-corrected chi connectivity index (χ3v) is 6.81. The SMILES string of the molecule is C#CCNS(=O)(=O)c1ccc(C(=O)Nc2nc(-c3cc(C)c(C)cc3C)cs2)cc1. The molecule has 3 aromatic rings. The van der Waals surface area contributed by atoms with E-state index >= 15 is 0 Å². The van der Waals surface area contributed by atoms with Gasteiger partial charge in [0.15, 0.2) is 5.13 Å². The second kappa shape index (κ2) is 8.79. The third-order valence-electron chi connectivity index (χ3n) is 4.63. The van der Waals surface area contributed by atoms with Crippen LogP contribution in [0.3, 0.4) is 0 Å². The van der Waals surface area contributed by atoms with Crippen LogP contribution in [0.25, 0.3) is 11.3 Å². The molecular formula is C22H21N3O3S2. The maximum absolute atomic E-state index is 12.5. The van der Waals surface area contributed by atoms with Gasteiger partial charge in [0.25, 0.3) is 5.91 Å². The van der Waals surface area contributed by atoms with Crippen LogP contribution < -0.4 is 10.0 Å². The van der Waals surface area contributed by atoms with E-state index in [1.165, 1.54) is 46.7 Å². The lowest BCUT2D eigenvalue weighted by Gasteiger charge is -2.07. The molecule has 0 radical (unpaired) electrons. The molecule has 0 aliphatic carbocycles. The highest BCUT2D eigenvalue weighted by Crippen LogP contribution is 2.29. The molecule has 6 nitrogen and oxygen atoms in total. The topological polar surface area (TPSA) is 88.2 Å². The molecule has 0 fully saturated rings. The summed E-state index contributed by atoms with van der Waals surface area (Å²) in [6.45, 7) is 6.06. The lowest BCUT2D eigenvalue weighted by molar-refractivity contribution is 0.102. The first-order valence-corrected chi connectivity index (χ1v) is 11.5. The molecule has 154 valence electrons. The number of hydrogen-bond acceptors (Lipinski definition) is 5. The standard InChI is InChI=1S/C22H21N3O3S2/c1-5-10-23-30(27,28)18-8-6-17(7-9-18)21(26)25-22-24-20(13-29-22)19-12-15(3)14(2)11-16(19)4/h1,6-9,11-13,23H,10H2,2-4H3,(H,24,25,26). The van der Waals surface area contributed by atoms with Gasteiger partial charge in [0.1, 0.15) is 0 Å². The molecule has 1 aromatic heterocycles. The normalized spacial score (nSPS) is 11.1. The zero-order chi connectivity index (χ0) is 21.9. The van der Waals surface area contributed by atoms with Crippen molar-refractivity contribution in [3.8, 4) is 23.6 Å². The summed E-state index contributed by atoms with van der Waals surface area (Å²) in [5.41, 5.74) is 5.68. The number of nitrogens with one attached hydrogen (secondary N) is 2. The van der Waals surface area contributed by atoms with Gasteiger partial charge in [-0.25, -0.2) is 13.4 Å². The monoisotopic (exact) mass is 439 g/mol. The number of rotatable bonds is 6. The van der Waals surface area contributed by atoms with E-state index in [-0.39, 0.29) is 17.3 Å². The van der Waals surface area contributed by atoms with Crippen molar-refractivity contribution in [1.82, 2.24) is 9.71 Å². The Morgan fingerprint density at radius 1 is 1.10 bits per heavy atom. The molecule has 1 heterocycles. The van der Waals surface area contributed by atoms with Gasteiger partial charge in [0.2, 0.25) is 10.0 Å². The number of amides is 1. The van der Waals surface area contributed by atoms with E-state index in [0.29, 0.717) is 10.7 Å². The van der Waals surface area contributed by atoms with E-state index in [2.05, 4.69) is 46.9 Å². The van der Waals surface area contributed by atoms with Gasteiger partial charge < -0.3 is 0 Å². The number of hydrogen-bond donors (Lipinski definition) is 2. The molecule has 0 saturated carbocycles. The number of nitrogens with zero attached hydrogens (tertiary/aromatic N) is 1. The summed E-state index contributed by atoms with van der Waals surface area (Å²) in [4.78, 5) is 17.1. The smallest absolute Gasteiger partial charge is 0.257 e. The summed E-state index contributed by atoms with van der Waals surface area (Å²) in [6, 6.07) is 9.83. The molecule has 2 N–H and O–H groups in total. The average Bonchev–Trinajstić information content (AvgIpc) is 3.17. The van der Waals surface area contributed by atoms with Crippen molar-refractivity contribution in [2.45, 2.75) is 25.7 Å². The average molecular weight is 440 g/mol. The highest BCUT2D eigenvalue weighted by molar-refractivity contribution is 7.89. The minimum Gasteiger partial charge on any atom is -0.298 e. The number of anilines is 1. The van der Waals surface area contributed by atoms with E-state index < -0.39 is 10.0 Å². The molecule has 2 aromatic carbocycles. The molecule has 8 heteroatoms. The summed E-state index contributed by atoms with van der Waals surface area (Å²) in [5.74, 6) is 1.85. The van der Waals surface area contributed by atoms with Crippen molar-refractivity contribution >= 4 is 32.4 Å². The van der Waals surface area contributed by atoms with E-state index in [0.717, 1.165) is 16.8 Å². The molecule has 0 aliphatic heterocycles. The fourth-order valence-corrected chi connectivity index (χ4v) is 4.51. The predicted octanol–water partition coefficient (Wildman–Crippen LogP) is 3.90. The second-order valence-corrected chi connectivity index (χ2v) is 9.42. The number of carbonyl (C=O) groups is 1. The summed E-state index contributed by atoms with van der Waals surface area (Å²) < 4.78 is 26.4. The van der Waals surface area contributed by atoms with Crippen LogP contribution in [-0.2, 0) is 10.0 Å². The Bertz CT molecular complexity index is 1240. The van der Waals surface area contributed by atoms with Crippen molar-refractivity contribution < 1.29 is 13.2 Å². The molecule has 0 saturated heterocycles. The Kier molecular flexibility index (Phi) is 6.37. The zero-order valence-corrected chi connectivity index (χ0v) is 18.4. The molecule has 3 rings (SSSR count). The molecule has 0 bridgehead atoms. The van der Waals surface area contributed by atoms with Gasteiger partial charge in [-0.05, 0) is 67.8 Å². The van der Waals surface area contributed by atoms with Crippen LogP contribution in [0.2, 0.25) is 0 Å². The number of carbonyl (C=O) groups excluding carboxylic acids is 1. The highest BCUT2D eigenvalue weighted by atomic mass is 32.2. The largest absolute Gasteiger partial charge is 0.298 e. The van der Waals surface area contributed by atoms with Crippen molar-refractivity contribution in [2.75, 3.05) is 11.9 Å². The minimum atomic E-state index is -3.70. The van der Waals surface area contributed by atoms with Gasteiger partial charge in [0, 0.05) is 16.5 Å². The third kappa shape index (κ3) is 4.76. The predicted molar refractivity (Wildman–Crippen MR) is 120 cm³/mol. The summed E-state index contributed by atoms with van der Waals surface area (Å²) >= 11 is 1.33. The summed E-state index contributed by atoms with van der Waals surface area (Å²) in [6.07, 6.45) is 5.08. The zero-order valence-electron chi connectivity index (χ0n) is 16.8. The highest BCUT2D eigenvalue weighted by Gasteiger charge is 2.15. The fourth-order valence-electron chi connectivity index (χ4n) is 2.87. The van der Waals surface area contributed by atoms with Crippen LogP contribution in [0.1, 0.15) is 27.0 Å². The van der Waals surface area contributed by atoms with Crippen LogP contribution in [0.15, 0.2) is 46.7 Å². The maximum Gasteiger partial charge on any atom is 0.257 e. The van der Waals surface area contributed by atoms with Crippen LogP contribution in [0.4, 0.5) is 5.13 Å². The van der Waals surface area contributed by atoms with E-state index in [4.69, 9.17) is 6.42 Å². The molecule has 0 unspecified atom stereocenters. The summed E-state index contributed by atoms with van der Waals surface area (Å²) in [5, 5.41) is 5.14. The molecule has 1 amide bonds. The minimum absolute atomic E-state index is 0.0380. The Hall–Kier alpha value is -2.99. The Morgan fingerprint density at radius 3 is 2.43 bits per heavy atom. The first kappa shape index (κ1) is 21.7. The molecule has 0 spiro atoms. The molecule has 30 heavy (non-hydrogen) atoms. The number of terminal acetylenes is 1. The van der Waals surface area contributed by atoms with Crippen molar-refractivity contribution in [3.63, 3.8) is 0 Å². The van der Waals surface area contributed by atoms with Gasteiger partial charge in [-0.3, -0.25) is 10.1 Å². The number of aromatic nitrogens is 1. The number of thiazole rings is 1. The maximum atomic E-state index is 12.5. The first-order chi connectivity index (χ1) is 14.2. The van der Waals surface area contributed by atoms with Gasteiger partial charge in [-0.15, -0.1) is 17.8 Å².